The smallest absolute Gasteiger partial charge is 0.406 e. The average molecular weight is 627 g/mol. The number of fused-ring (bicyclic) bond motifs is 3. The second-order valence-electron chi connectivity index (χ2n) is 14.9. The first kappa shape index (κ1) is 33.0. The van der Waals surface area contributed by atoms with Gasteiger partial charge in [0.25, 0.3) is 5.91 Å². The molecular weight excluding hydrogens is 578 g/mol. The zero-order valence-electron chi connectivity index (χ0n) is 26.6. The van der Waals surface area contributed by atoms with Crippen molar-refractivity contribution >= 4 is 39.0 Å². The topological polar surface area (TPSA) is 59.8 Å². The van der Waals surface area contributed by atoms with Gasteiger partial charge in [-0.1, -0.05) is 40.4 Å². The van der Waals surface area contributed by atoms with Crippen LogP contribution in [-0.2, 0) is 15.9 Å². The van der Waals surface area contributed by atoms with E-state index in [4.69, 9.17) is 9.16 Å². The number of alkyl halides is 3. The Hall–Kier alpha value is -1.90. The molecule has 0 unspecified atom stereocenters. The predicted octanol–water partition coefficient (Wildman–Crippen LogP) is 7.71. The molecule has 0 spiro atoms. The first-order chi connectivity index (χ1) is 19.4. The van der Waals surface area contributed by atoms with Crippen molar-refractivity contribution in [2.45, 2.75) is 109 Å². The summed E-state index contributed by atoms with van der Waals surface area (Å²) in [5.74, 6) is -0.192. The minimum atomic E-state index is -4.48. The zero-order chi connectivity index (χ0) is 31.1. The predicted molar refractivity (Wildman–Crippen MR) is 167 cm³/mol. The molecule has 0 bridgehead atoms. The van der Waals surface area contributed by atoms with E-state index in [9.17, 15) is 18.0 Å². The number of amides is 1. The lowest BCUT2D eigenvalue weighted by molar-refractivity contribution is -0.141. The second-order valence-corrected chi connectivity index (χ2v) is 25.3. The first-order valence-corrected chi connectivity index (χ1v) is 21.8. The Kier molecular flexibility index (Phi) is 9.62. The summed E-state index contributed by atoms with van der Waals surface area (Å²) >= 11 is 0. The maximum absolute atomic E-state index is 13.5. The normalized spacial score (nSPS) is 20.9. The van der Waals surface area contributed by atoms with E-state index in [2.05, 4.69) is 58.5 Å². The summed E-state index contributed by atoms with van der Waals surface area (Å²) in [7, 11) is -3.08. The van der Waals surface area contributed by atoms with Crippen LogP contribution in [0.5, 0.6) is 0 Å². The van der Waals surface area contributed by atoms with Crippen molar-refractivity contribution in [2.24, 2.45) is 5.92 Å². The van der Waals surface area contributed by atoms with E-state index in [0.29, 0.717) is 30.6 Å². The monoisotopic (exact) mass is 626 g/mol. The third kappa shape index (κ3) is 7.78. The molecule has 1 aliphatic carbocycles. The molecular formula is C30H49F3N4O3Si2. The number of rotatable bonds is 10. The van der Waals surface area contributed by atoms with Crippen molar-refractivity contribution in [3.05, 3.63) is 24.0 Å². The Morgan fingerprint density at radius 3 is 2.31 bits per heavy atom. The fraction of sp³-hybridized carbons (Fsp3) is 0.733. The number of pyridine rings is 1. The van der Waals surface area contributed by atoms with Crippen molar-refractivity contribution in [3.63, 3.8) is 0 Å². The zero-order valence-corrected chi connectivity index (χ0v) is 28.6. The Morgan fingerprint density at radius 1 is 1.05 bits per heavy atom. The lowest BCUT2D eigenvalue weighted by atomic mass is 9.85. The summed E-state index contributed by atoms with van der Waals surface area (Å²) in [5, 5.41) is 0.926. The maximum atomic E-state index is 13.5. The summed E-state index contributed by atoms with van der Waals surface area (Å²) in [6, 6.07) is 3.00. The average Bonchev–Trinajstić information content (AvgIpc) is 3.28. The van der Waals surface area contributed by atoms with E-state index in [1.54, 1.807) is 0 Å². The Labute approximate surface area is 250 Å². The van der Waals surface area contributed by atoms with Gasteiger partial charge in [0.15, 0.2) is 8.32 Å². The molecule has 236 valence electrons. The fourth-order valence-corrected chi connectivity index (χ4v) is 7.37. The molecule has 0 atom stereocenters. The molecule has 0 saturated heterocycles. The van der Waals surface area contributed by atoms with Gasteiger partial charge in [-0.3, -0.25) is 4.79 Å². The molecule has 1 aliphatic heterocycles. The van der Waals surface area contributed by atoms with Gasteiger partial charge in [-0.05, 0) is 61.8 Å². The van der Waals surface area contributed by atoms with Gasteiger partial charge >= 0.3 is 6.18 Å². The standard InChI is InChI=1S/C30H49F3N4O3Si2/c1-29(2,3)42(7,8)40-18-22-9-11-23(12-10-22)37-20-36(19-30(31,32)33)28(38)25-17-34-27-24(26(25)37)13-14-35(27)21-39-15-16-41(4,5)6/h13-14,17,22-23H,9-12,15-16,18-21H2,1-8H3/t22-,23-. The molecule has 1 amide bonds. The van der Waals surface area contributed by atoms with Crippen LogP contribution < -0.4 is 4.90 Å². The Bertz CT molecular complexity index is 1250. The van der Waals surface area contributed by atoms with Gasteiger partial charge in [0.05, 0.1) is 17.9 Å². The number of ether oxygens (including phenoxy) is 1. The van der Waals surface area contributed by atoms with Crippen LogP contribution in [0.2, 0.25) is 43.8 Å². The molecule has 0 radical (unpaired) electrons. The summed E-state index contributed by atoms with van der Waals surface area (Å²) in [6.45, 7) is 18.5. The first-order valence-electron chi connectivity index (χ1n) is 15.2. The van der Waals surface area contributed by atoms with Crippen molar-refractivity contribution in [1.82, 2.24) is 14.5 Å². The Morgan fingerprint density at radius 2 is 1.71 bits per heavy atom. The van der Waals surface area contributed by atoms with Crippen LogP contribution in [-0.4, -0.2) is 75.4 Å². The lowest BCUT2D eigenvalue weighted by Gasteiger charge is -2.45. The molecule has 0 aromatic carbocycles. The van der Waals surface area contributed by atoms with E-state index in [1.807, 2.05) is 21.7 Å². The highest BCUT2D eigenvalue weighted by Gasteiger charge is 2.42. The third-order valence-electron chi connectivity index (χ3n) is 9.23. The van der Waals surface area contributed by atoms with Gasteiger partial charge in [-0.25, -0.2) is 4.98 Å². The molecule has 4 rings (SSSR count). The molecule has 42 heavy (non-hydrogen) atoms. The van der Waals surface area contributed by atoms with Crippen LogP contribution in [0.15, 0.2) is 18.5 Å². The van der Waals surface area contributed by atoms with E-state index in [-0.39, 0.29) is 23.3 Å². The molecule has 2 aliphatic rings. The van der Waals surface area contributed by atoms with E-state index < -0.39 is 35.0 Å². The second kappa shape index (κ2) is 12.2. The summed E-state index contributed by atoms with van der Waals surface area (Å²) in [4.78, 5) is 20.8. The van der Waals surface area contributed by atoms with Crippen molar-refractivity contribution in [2.75, 3.05) is 31.3 Å². The quantitative estimate of drug-likeness (QED) is 0.200. The summed E-state index contributed by atoms with van der Waals surface area (Å²) in [6.07, 6.45) is 2.43. The molecule has 2 aromatic heterocycles. The highest BCUT2D eigenvalue weighted by atomic mass is 28.4. The molecule has 0 N–H and O–H groups in total. The molecule has 1 saturated carbocycles. The van der Waals surface area contributed by atoms with Crippen molar-refractivity contribution in [3.8, 4) is 0 Å². The molecule has 7 nitrogen and oxygen atoms in total. The number of aromatic nitrogens is 2. The molecule has 2 aromatic rings. The van der Waals surface area contributed by atoms with Gasteiger partial charge in [0.2, 0.25) is 0 Å². The molecule has 3 heterocycles. The molecule has 12 heteroatoms. The number of nitrogens with zero attached hydrogens (tertiary/aromatic N) is 4. The van der Waals surface area contributed by atoms with Gasteiger partial charge in [0, 0.05) is 45.1 Å². The number of anilines is 1. The van der Waals surface area contributed by atoms with Gasteiger partial charge in [-0.2, -0.15) is 13.2 Å². The Balaban J connectivity index is 1.56. The lowest BCUT2D eigenvalue weighted by Crippen LogP contribution is -2.54. The minimum Gasteiger partial charge on any atom is -0.417 e. The van der Waals surface area contributed by atoms with Crippen LogP contribution >= 0.6 is 0 Å². The fourth-order valence-electron chi connectivity index (χ4n) is 5.53. The highest BCUT2D eigenvalue weighted by molar-refractivity contribution is 6.76. The van der Waals surface area contributed by atoms with Crippen molar-refractivity contribution in [1.29, 1.82) is 0 Å². The van der Waals surface area contributed by atoms with Crippen LogP contribution in [0.25, 0.3) is 11.0 Å². The van der Waals surface area contributed by atoms with E-state index >= 15 is 0 Å². The number of carbonyl (C=O) groups is 1. The third-order valence-corrected chi connectivity index (χ3v) is 15.4. The largest absolute Gasteiger partial charge is 0.417 e. The van der Waals surface area contributed by atoms with Gasteiger partial charge in [-0.15, -0.1) is 0 Å². The maximum Gasteiger partial charge on any atom is 0.406 e. The van der Waals surface area contributed by atoms with E-state index in [0.717, 1.165) is 48.6 Å². The van der Waals surface area contributed by atoms with Crippen LogP contribution in [0, 0.1) is 5.92 Å². The summed E-state index contributed by atoms with van der Waals surface area (Å²) in [5.41, 5.74) is 1.62. The van der Waals surface area contributed by atoms with Crippen LogP contribution in [0.1, 0.15) is 56.8 Å². The summed E-state index contributed by atoms with van der Waals surface area (Å²) < 4.78 is 54.9. The number of hydrogen-bond donors (Lipinski definition) is 0. The number of carbonyl (C=O) groups excluding carboxylic acids is 1. The van der Waals surface area contributed by atoms with E-state index in [1.165, 1.54) is 6.20 Å². The van der Waals surface area contributed by atoms with Crippen LogP contribution in [0.4, 0.5) is 18.9 Å². The molecule has 1 fully saturated rings. The van der Waals surface area contributed by atoms with Crippen molar-refractivity contribution < 1.29 is 27.1 Å². The number of halogens is 3. The van der Waals surface area contributed by atoms with Gasteiger partial charge in [0.1, 0.15) is 18.9 Å². The minimum absolute atomic E-state index is 0.0265. The number of hydrogen-bond acceptors (Lipinski definition) is 5. The van der Waals surface area contributed by atoms with Crippen LogP contribution in [0.3, 0.4) is 0 Å². The van der Waals surface area contributed by atoms with Gasteiger partial charge < -0.3 is 23.5 Å². The SMILES string of the molecule is CC(C)(C)[Si](C)(C)OC[C@H]1CC[C@H](N2CN(CC(F)(F)F)C(=O)c3cnc4c(ccn4COCC[Si](C)(C)C)c32)CC1. The highest BCUT2D eigenvalue weighted by Crippen LogP contribution is 2.41.